The standard InChI is InChI=1S/C24H30.C22H16.C16H14.C12H12/c1-15-19-11-9-18(24(6,7)8)14-22(19)16(2)20-12-10-17(13-21(15)20)23(3,4)5;1-13-9-11-19-20-12-10-14(2)16-6-4-8-18(22(16)20)17-7-3-5-15(13)21(17)19;1-11-13-7-3-5-9-15(13)12(2)16-10-6-4-8-14(11)16;1-9-7-8-10(2)12-6-4-3-5-11(9)12/h9-14H,1-8H3;3-12H,1-2H3;3-10H,1-2H3;3-8H,1-2H3. The highest BCUT2D eigenvalue weighted by Gasteiger charge is 2.19. The van der Waals surface area contributed by atoms with E-state index < -0.39 is 0 Å². The highest BCUT2D eigenvalue weighted by molar-refractivity contribution is 6.33. The number of fused-ring (bicyclic) bond motifs is 7. The molecule has 0 saturated heterocycles. The lowest BCUT2D eigenvalue weighted by Gasteiger charge is -2.23. The van der Waals surface area contributed by atoms with E-state index in [4.69, 9.17) is 0 Å². The zero-order valence-corrected chi connectivity index (χ0v) is 46.3. The molecule has 0 unspecified atom stereocenters. The van der Waals surface area contributed by atoms with Crippen LogP contribution in [0.5, 0.6) is 0 Å². The smallest absolute Gasteiger partial charge is 0.00237 e. The van der Waals surface area contributed by atoms with Gasteiger partial charge in [-0.2, -0.15) is 0 Å². The van der Waals surface area contributed by atoms with Crippen molar-refractivity contribution in [1.82, 2.24) is 0 Å². The van der Waals surface area contributed by atoms with Gasteiger partial charge in [0, 0.05) is 0 Å². The first-order chi connectivity index (χ1) is 35.3. The Morgan fingerprint density at radius 2 is 0.432 bits per heavy atom. The molecule has 0 radical (unpaired) electrons. The third-order valence-electron chi connectivity index (χ3n) is 16.3. The third kappa shape index (κ3) is 8.93. The van der Waals surface area contributed by atoms with Gasteiger partial charge in [0.2, 0.25) is 0 Å². The zero-order chi connectivity index (χ0) is 52.4. The van der Waals surface area contributed by atoms with E-state index in [1.54, 1.807) is 0 Å². The normalized spacial score (nSPS) is 11.9. The Hall–Kier alpha value is -7.54. The minimum Gasteiger partial charge on any atom is -0.0616 e. The van der Waals surface area contributed by atoms with Crippen molar-refractivity contribution in [3.63, 3.8) is 0 Å². The molecule has 0 N–H and O–H groups in total. The fourth-order valence-electron chi connectivity index (χ4n) is 11.8. The van der Waals surface area contributed by atoms with Gasteiger partial charge < -0.3 is 0 Å². The molecule has 13 aromatic rings. The SMILES string of the molecule is Cc1c2ccc(C(C)(C)C)cc2c(C)c2ccc(C(C)(C)C)cc12.Cc1c2ccccc2c(C)c2ccccc12.Cc1ccc(C)c2ccccc12.Cc1ccc2c3ccc(C)c4cccc(c5cccc1c52)c43. The number of hydrogen-bond donors (Lipinski definition) is 0. The molecular weight excluding hydrogens is 889 g/mol. The Morgan fingerprint density at radius 3 is 0.770 bits per heavy atom. The molecule has 0 fully saturated rings. The molecule has 0 nitrogen and oxygen atoms in total. The monoisotopic (exact) mass is 961 g/mol. The van der Waals surface area contributed by atoms with E-state index in [-0.39, 0.29) is 10.8 Å². The molecule has 74 heavy (non-hydrogen) atoms. The summed E-state index contributed by atoms with van der Waals surface area (Å²) in [6, 6.07) is 66.7. The summed E-state index contributed by atoms with van der Waals surface area (Å²) in [5, 5.41) is 24.9. The molecular formula is C74H72. The highest BCUT2D eigenvalue weighted by Crippen LogP contribution is 2.42. The minimum atomic E-state index is 0.180. The molecule has 0 aliphatic carbocycles. The first-order valence-electron chi connectivity index (χ1n) is 26.7. The van der Waals surface area contributed by atoms with Gasteiger partial charge in [0.15, 0.2) is 0 Å². The predicted octanol–water partition coefficient (Wildman–Crippen LogP) is 21.6. The van der Waals surface area contributed by atoms with Crippen LogP contribution in [-0.2, 0) is 10.8 Å². The number of benzene rings is 13. The number of hydrogen-bond acceptors (Lipinski definition) is 0. The quantitative estimate of drug-likeness (QED) is 0.105. The second-order valence-corrected chi connectivity index (χ2v) is 23.2. The molecule has 13 rings (SSSR count). The lowest BCUT2D eigenvalue weighted by atomic mass is 9.82. The average molecular weight is 961 g/mol. The number of aryl methyl sites for hydroxylation is 8. The lowest BCUT2D eigenvalue weighted by molar-refractivity contribution is 0.590. The average Bonchev–Trinajstić information content (AvgIpc) is 3.41. The van der Waals surface area contributed by atoms with Crippen molar-refractivity contribution in [1.29, 1.82) is 0 Å². The van der Waals surface area contributed by atoms with Crippen molar-refractivity contribution in [2.45, 2.75) is 108 Å². The maximum absolute atomic E-state index is 2.40. The van der Waals surface area contributed by atoms with Gasteiger partial charge in [0.05, 0.1) is 0 Å². The Bertz CT molecular complexity index is 3930. The summed E-state index contributed by atoms with van der Waals surface area (Å²) in [6.07, 6.45) is 0. The Kier molecular flexibility index (Phi) is 13.1. The second kappa shape index (κ2) is 19.4. The van der Waals surface area contributed by atoms with Crippen molar-refractivity contribution in [3.8, 4) is 0 Å². The summed E-state index contributed by atoms with van der Waals surface area (Å²) in [6.45, 7) is 31.4. The van der Waals surface area contributed by atoms with E-state index >= 15 is 0 Å². The maximum Gasteiger partial charge on any atom is -0.00237 e. The summed E-state index contributed by atoms with van der Waals surface area (Å²) in [5.41, 5.74) is 14.2. The van der Waals surface area contributed by atoms with Crippen LogP contribution in [0, 0.1) is 55.4 Å². The van der Waals surface area contributed by atoms with E-state index in [2.05, 4.69) is 279 Å². The molecule has 0 aromatic heterocycles. The summed E-state index contributed by atoms with van der Waals surface area (Å²) < 4.78 is 0. The summed E-state index contributed by atoms with van der Waals surface area (Å²) in [5.74, 6) is 0. The summed E-state index contributed by atoms with van der Waals surface area (Å²) >= 11 is 0. The Morgan fingerprint density at radius 1 is 0.203 bits per heavy atom. The van der Waals surface area contributed by atoms with Gasteiger partial charge in [-0.15, -0.1) is 0 Å². The topological polar surface area (TPSA) is 0 Å². The van der Waals surface area contributed by atoms with Crippen LogP contribution < -0.4 is 0 Å². The van der Waals surface area contributed by atoms with Crippen LogP contribution in [0.4, 0.5) is 0 Å². The molecule has 0 aliphatic rings. The van der Waals surface area contributed by atoms with Crippen LogP contribution in [0.3, 0.4) is 0 Å². The van der Waals surface area contributed by atoms with Crippen LogP contribution >= 0.6 is 0 Å². The first-order valence-corrected chi connectivity index (χ1v) is 26.7. The van der Waals surface area contributed by atoms with Gasteiger partial charge in [-0.3, -0.25) is 0 Å². The molecule has 0 heteroatoms. The van der Waals surface area contributed by atoms with E-state index in [0.29, 0.717) is 0 Å². The highest BCUT2D eigenvalue weighted by atomic mass is 14.2. The van der Waals surface area contributed by atoms with Gasteiger partial charge in [0.25, 0.3) is 0 Å². The molecule has 13 aromatic carbocycles. The molecule has 368 valence electrons. The van der Waals surface area contributed by atoms with Crippen LogP contribution in [0.2, 0.25) is 0 Å². The van der Waals surface area contributed by atoms with Crippen molar-refractivity contribution < 1.29 is 0 Å². The van der Waals surface area contributed by atoms with Crippen LogP contribution in [0.25, 0.3) is 97.0 Å². The zero-order valence-electron chi connectivity index (χ0n) is 46.3. The Labute approximate surface area is 440 Å². The molecule has 0 amide bonds. The lowest BCUT2D eigenvalue weighted by Crippen LogP contribution is -2.11. The van der Waals surface area contributed by atoms with Crippen molar-refractivity contribution >= 4 is 97.0 Å². The van der Waals surface area contributed by atoms with Gasteiger partial charge in [-0.1, -0.05) is 224 Å². The van der Waals surface area contributed by atoms with Crippen LogP contribution in [0.15, 0.2) is 182 Å². The Balaban J connectivity index is 0.000000116. The van der Waals surface area contributed by atoms with Gasteiger partial charge >= 0.3 is 0 Å². The molecule has 0 atom stereocenters. The molecule has 0 bridgehead atoms. The predicted molar refractivity (Wildman–Crippen MR) is 330 cm³/mol. The van der Waals surface area contributed by atoms with Gasteiger partial charge in [0.1, 0.15) is 0 Å². The molecule has 0 heterocycles. The van der Waals surface area contributed by atoms with E-state index in [0.717, 1.165) is 0 Å². The van der Waals surface area contributed by atoms with Crippen LogP contribution in [0.1, 0.15) is 97.2 Å². The molecule has 0 saturated carbocycles. The third-order valence-corrected chi connectivity index (χ3v) is 16.3. The summed E-state index contributed by atoms with van der Waals surface area (Å²) in [4.78, 5) is 0. The van der Waals surface area contributed by atoms with Gasteiger partial charge in [-0.25, -0.2) is 0 Å². The van der Waals surface area contributed by atoms with E-state index in [1.165, 1.54) is 153 Å². The van der Waals surface area contributed by atoms with Crippen molar-refractivity contribution in [2.24, 2.45) is 0 Å². The minimum absolute atomic E-state index is 0.180. The van der Waals surface area contributed by atoms with E-state index in [9.17, 15) is 0 Å². The molecule has 0 spiro atoms. The number of rotatable bonds is 0. The summed E-state index contributed by atoms with van der Waals surface area (Å²) in [7, 11) is 0. The fourth-order valence-corrected chi connectivity index (χ4v) is 11.8. The van der Waals surface area contributed by atoms with Crippen LogP contribution in [-0.4, -0.2) is 0 Å². The second-order valence-electron chi connectivity index (χ2n) is 23.2. The first kappa shape index (κ1) is 50.0. The van der Waals surface area contributed by atoms with Crippen molar-refractivity contribution in [3.05, 3.63) is 238 Å². The van der Waals surface area contributed by atoms with Gasteiger partial charge in [-0.05, 0) is 219 Å². The maximum atomic E-state index is 2.40. The van der Waals surface area contributed by atoms with Crippen molar-refractivity contribution in [2.75, 3.05) is 0 Å². The fraction of sp³-hybridized carbons (Fsp3) is 0.216. The van der Waals surface area contributed by atoms with E-state index in [1.807, 2.05) is 0 Å². The molecule has 0 aliphatic heterocycles. The largest absolute Gasteiger partial charge is 0.0616 e.